The van der Waals surface area contributed by atoms with Gasteiger partial charge in [0.2, 0.25) is 0 Å². The summed E-state index contributed by atoms with van der Waals surface area (Å²) in [6.45, 7) is 1.84. The van der Waals surface area contributed by atoms with Gasteiger partial charge in [0.15, 0.2) is 9.84 Å². The molecule has 0 saturated carbocycles. The van der Waals surface area contributed by atoms with Gasteiger partial charge in [-0.1, -0.05) is 66.9 Å². The van der Waals surface area contributed by atoms with Gasteiger partial charge in [-0.25, -0.2) is 13.2 Å². The fourth-order valence-electron chi connectivity index (χ4n) is 5.07. The standard InChI is InChI=1S/C30H28Cl2N2O6S/c1-3-4-25(30(36)37)34-27(18-5-10-22(31)11-6-18)28(19-7-12-23(32)13-8-19)40-26(29(34)35)16-20-9-14-24(41(2,38)39)15-21(20)17-33/h5-15,25-28H,3-4,16H2,1-2H3,(H,36,37). The monoisotopic (exact) mass is 614 g/mol. The molecule has 0 radical (unpaired) electrons. The summed E-state index contributed by atoms with van der Waals surface area (Å²) in [7, 11) is -3.56. The van der Waals surface area contributed by atoms with E-state index in [1.54, 1.807) is 48.5 Å². The van der Waals surface area contributed by atoms with Crippen LogP contribution in [-0.2, 0) is 30.6 Å². The predicted octanol–water partition coefficient (Wildman–Crippen LogP) is 5.77. The van der Waals surface area contributed by atoms with Crippen molar-refractivity contribution in [3.8, 4) is 6.07 Å². The molecule has 1 fully saturated rings. The highest BCUT2D eigenvalue weighted by Gasteiger charge is 2.48. The number of nitrogens with zero attached hydrogens (tertiary/aromatic N) is 2. The predicted molar refractivity (Wildman–Crippen MR) is 154 cm³/mol. The van der Waals surface area contributed by atoms with E-state index in [1.807, 2.05) is 13.0 Å². The first-order chi connectivity index (χ1) is 19.4. The summed E-state index contributed by atoms with van der Waals surface area (Å²) >= 11 is 12.3. The Kier molecular flexibility index (Phi) is 9.40. The van der Waals surface area contributed by atoms with Crippen LogP contribution in [0.15, 0.2) is 71.6 Å². The van der Waals surface area contributed by atoms with E-state index >= 15 is 0 Å². The maximum absolute atomic E-state index is 14.2. The number of halogens is 2. The van der Waals surface area contributed by atoms with Crippen molar-refractivity contribution in [1.82, 2.24) is 4.90 Å². The molecular weight excluding hydrogens is 587 g/mol. The van der Waals surface area contributed by atoms with Gasteiger partial charge < -0.3 is 14.7 Å². The molecule has 0 aliphatic carbocycles. The number of carboxylic acids is 1. The molecule has 41 heavy (non-hydrogen) atoms. The van der Waals surface area contributed by atoms with E-state index in [0.717, 1.165) is 6.26 Å². The van der Waals surface area contributed by atoms with Crippen LogP contribution < -0.4 is 0 Å². The lowest BCUT2D eigenvalue weighted by Crippen LogP contribution is -2.57. The molecule has 0 aromatic heterocycles. The van der Waals surface area contributed by atoms with Crippen LogP contribution in [-0.4, -0.2) is 48.7 Å². The number of rotatable bonds is 9. The third kappa shape index (κ3) is 6.74. The van der Waals surface area contributed by atoms with E-state index in [0.29, 0.717) is 33.2 Å². The maximum Gasteiger partial charge on any atom is 0.326 e. The Morgan fingerprint density at radius 2 is 1.63 bits per heavy atom. The molecule has 1 aliphatic rings. The minimum Gasteiger partial charge on any atom is -0.480 e. The Morgan fingerprint density at radius 1 is 1.05 bits per heavy atom. The molecule has 4 atom stereocenters. The van der Waals surface area contributed by atoms with E-state index in [2.05, 4.69) is 0 Å². The van der Waals surface area contributed by atoms with E-state index in [4.69, 9.17) is 27.9 Å². The highest BCUT2D eigenvalue weighted by Crippen LogP contribution is 2.44. The van der Waals surface area contributed by atoms with E-state index in [9.17, 15) is 28.4 Å². The van der Waals surface area contributed by atoms with Crippen LogP contribution in [0.5, 0.6) is 0 Å². The van der Waals surface area contributed by atoms with Gasteiger partial charge in [0, 0.05) is 22.7 Å². The van der Waals surface area contributed by atoms with Crippen molar-refractivity contribution in [1.29, 1.82) is 5.26 Å². The van der Waals surface area contributed by atoms with Crippen LogP contribution in [0.25, 0.3) is 0 Å². The number of carbonyl (C=O) groups excluding carboxylic acids is 1. The highest BCUT2D eigenvalue weighted by molar-refractivity contribution is 7.90. The number of sulfone groups is 1. The molecule has 11 heteroatoms. The van der Waals surface area contributed by atoms with Crippen molar-refractivity contribution < 1.29 is 27.9 Å². The lowest BCUT2D eigenvalue weighted by atomic mass is 9.88. The third-order valence-corrected chi connectivity index (χ3v) is 8.67. The Balaban J connectivity index is 1.87. The van der Waals surface area contributed by atoms with Crippen LogP contribution in [0.4, 0.5) is 0 Å². The van der Waals surface area contributed by atoms with E-state index < -0.39 is 46.0 Å². The minimum atomic E-state index is -3.56. The van der Waals surface area contributed by atoms with Crippen LogP contribution in [0.3, 0.4) is 0 Å². The number of ether oxygens (including phenoxy) is 1. The van der Waals surface area contributed by atoms with Gasteiger partial charge in [0.1, 0.15) is 18.2 Å². The SMILES string of the molecule is CCCC(C(=O)O)N1C(=O)C(Cc2ccc(S(C)(=O)=O)cc2C#N)OC(c2ccc(Cl)cc2)C1c1ccc(Cl)cc1. The first-order valence-corrected chi connectivity index (χ1v) is 15.5. The van der Waals surface area contributed by atoms with Gasteiger partial charge in [0.25, 0.3) is 5.91 Å². The maximum atomic E-state index is 14.2. The summed E-state index contributed by atoms with van der Waals surface area (Å²) in [6, 6.07) is 17.9. The molecule has 4 rings (SSSR count). The van der Waals surface area contributed by atoms with Crippen LogP contribution in [0.2, 0.25) is 10.0 Å². The summed E-state index contributed by atoms with van der Waals surface area (Å²) < 4.78 is 30.6. The zero-order chi connectivity index (χ0) is 29.9. The van der Waals surface area contributed by atoms with Crippen LogP contribution in [0, 0.1) is 11.3 Å². The molecule has 4 unspecified atom stereocenters. The lowest BCUT2D eigenvalue weighted by molar-refractivity contribution is -0.184. The molecule has 214 valence electrons. The molecule has 1 saturated heterocycles. The largest absolute Gasteiger partial charge is 0.480 e. The molecule has 3 aromatic carbocycles. The van der Waals surface area contributed by atoms with Gasteiger partial charge in [-0.15, -0.1) is 0 Å². The van der Waals surface area contributed by atoms with Crippen molar-refractivity contribution in [2.24, 2.45) is 0 Å². The van der Waals surface area contributed by atoms with Gasteiger partial charge in [-0.3, -0.25) is 4.79 Å². The van der Waals surface area contributed by atoms with Gasteiger partial charge in [0.05, 0.1) is 22.6 Å². The van der Waals surface area contributed by atoms with Crippen molar-refractivity contribution in [3.63, 3.8) is 0 Å². The van der Waals surface area contributed by atoms with E-state index in [-0.39, 0.29) is 23.3 Å². The zero-order valence-electron chi connectivity index (χ0n) is 22.3. The Morgan fingerprint density at radius 3 is 2.15 bits per heavy atom. The second-order valence-corrected chi connectivity index (χ2v) is 12.8. The third-order valence-electron chi connectivity index (χ3n) is 7.06. The number of carbonyl (C=O) groups is 2. The number of benzene rings is 3. The van der Waals surface area contributed by atoms with Crippen molar-refractivity contribution in [3.05, 3.63) is 99.0 Å². The molecule has 1 aliphatic heterocycles. The van der Waals surface area contributed by atoms with Gasteiger partial charge in [-0.05, 0) is 59.5 Å². The number of morpholine rings is 1. The summed E-state index contributed by atoms with van der Waals surface area (Å²) in [4.78, 5) is 28.1. The molecule has 0 bridgehead atoms. The molecule has 0 spiro atoms. The van der Waals surface area contributed by atoms with Gasteiger partial charge in [-0.2, -0.15) is 5.26 Å². The fraction of sp³-hybridized carbons (Fsp3) is 0.300. The van der Waals surface area contributed by atoms with Crippen LogP contribution >= 0.6 is 23.2 Å². The topological polar surface area (TPSA) is 125 Å². The smallest absolute Gasteiger partial charge is 0.326 e. The molecule has 8 nitrogen and oxygen atoms in total. The minimum absolute atomic E-state index is 0.0222. The first kappa shape index (κ1) is 30.5. The van der Waals surface area contributed by atoms with Gasteiger partial charge >= 0.3 is 5.97 Å². The van der Waals surface area contributed by atoms with Crippen molar-refractivity contribution in [2.75, 3.05) is 6.26 Å². The number of carboxylic acid groups (broad SMARTS) is 1. The molecule has 1 amide bonds. The van der Waals surface area contributed by atoms with Crippen molar-refractivity contribution in [2.45, 2.75) is 55.4 Å². The second-order valence-electron chi connectivity index (χ2n) is 9.89. The van der Waals surface area contributed by atoms with Crippen LogP contribution in [0.1, 0.15) is 54.2 Å². The average molecular weight is 616 g/mol. The quantitative estimate of drug-likeness (QED) is 0.324. The summed E-state index contributed by atoms with van der Waals surface area (Å²) in [5.74, 6) is -1.70. The number of hydrogen-bond acceptors (Lipinski definition) is 6. The summed E-state index contributed by atoms with van der Waals surface area (Å²) in [6.07, 6.45) is -0.265. The molecule has 1 heterocycles. The normalized spacial score (nSPS) is 19.9. The Labute approximate surface area is 249 Å². The highest BCUT2D eigenvalue weighted by atomic mass is 35.5. The second kappa shape index (κ2) is 12.6. The fourth-order valence-corrected chi connectivity index (χ4v) is 5.97. The lowest BCUT2D eigenvalue weighted by Gasteiger charge is -2.47. The summed E-state index contributed by atoms with van der Waals surface area (Å²) in [5, 5.41) is 21.0. The molecule has 1 N–H and O–H groups in total. The summed E-state index contributed by atoms with van der Waals surface area (Å²) in [5.41, 5.74) is 1.80. The number of nitriles is 1. The zero-order valence-corrected chi connectivity index (χ0v) is 24.7. The Bertz CT molecular complexity index is 1590. The average Bonchev–Trinajstić information content (AvgIpc) is 2.93. The van der Waals surface area contributed by atoms with E-state index in [1.165, 1.54) is 23.1 Å². The number of aliphatic carboxylic acids is 1. The molecular formula is C30H28Cl2N2O6S. The number of hydrogen-bond donors (Lipinski definition) is 1. The Hall–Kier alpha value is -3.42. The molecule has 3 aromatic rings. The number of amides is 1. The first-order valence-electron chi connectivity index (χ1n) is 12.9. The van der Waals surface area contributed by atoms with Crippen molar-refractivity contribution >= 4 is 44.9 Å².